The zero-order chi connectivity index (χ0) is 14.3. The van der Waals surface area contributed by atoms with Crippen LogP contribution in [0.25, 0.3) is 0 Å². The Morgan fingerprint density at radius 2 is 1.21 bits per heavy atom. The molecule has 0 aromatic rings. The Morgan fingerprint density at radius 3 is 1.58 bits per heavy atom. The fraction of sp³-hybridized carbons (Fsp3) is 1.00. The van der Waals surface area contributed by atoms with Gasteiger partial charge in [0.1, 0.15) is 0 Å². The minimum atomic E-state index is -1.49. The van der Waals surface area contributed by atoms with Crippen LogP contribution in [0, 0.1) is 17.8 Å². The van der Waals surface area contributed by atoms with Crippen LogP contribution < -0.4 is 0 Å². The number of hydrogen-bond donors (Lipinski definition) is 1. The average molecular weight is 382 g/mol. The van der Waals surface area contributed by atoms with Gasteiger partial charge in [0.15, 0.2) is 0 Å². The Bertz CT molecular complexity index is 213. The molecule has 2 saturated carbocycles. The third kappa shape index (κ3) is 6.33. The van der Waals surface area contributed by atoms with Gasteiger partial charge in [-0.05, 0) is 0 Å². The first-order valence-corrected chi connectivity index (χ1v) is 12.7. The topological polar surface area (TPSA) is 20.2 Å². The summed E-state index contributed by atoms with van der Waals surface area (Å²) < 4.78 is 10.5. The molecule has 0 aliphatic heterocycles. The van der Waals surface area contributed by atoms with E-state index in [9.17, 15) is 3.44 Å². The van der Waals surface area contributed by atoms with Crippen LogP contribution in [0.2, 0.25) is 0 Å². The van der Waals surface area contributed by atoms with Crippen LogP contribution in [0.15, 0.2) is 0 Å². The second-order valence-corrected chi connectivity index (χ2v) is 11.3. The molecule has 2 aliphatic rings. The molecule has 0 spiro atoms. The van der Waals surface area contributed by atoms with Crippen LogP contribution in [0.4, 0.5) is 0 Å². The molecule has 2 heteroatoms. The van der Waals surface area contributed by atoms with Crippen LogP contribution in [-0.4, -0.2) is 12.3 Å². The minimum absolute atomic E-state index is 0.753. The molecule has 2 aliphatic carbocycles. The summed E-state index contributed by atoms with van der Waals surface area (Å²) >= 11 is -1.49. The van der Waals surface area contributed by atoms with Gasteiger partial charge in [0.05, 0.1) is 0 Å². The van der Waals surface area contributed by atoms with Crippen molar-refractivity contribution in [3.05, 3.63) is 0 Å². The molecular formula is C17H35IO. The predicted molar refractivity (Wildman–Crippen MR) is 95.0 cm³/mol. The largest absolute Gasteiger partial charge is 0.0656 e. The van der Waals surface area contributed by atoms with E-state index in [4.69, 9.17) is 0 Å². The first-order valence-electron chi connectivity index (χ1n) is 8.36. The molecule has 0 radical (unpaired) electrons. The molecule has 1 nitrogen and oxygen atoms in total. The van der Waals surface area contributed by atoms with E-state index in [1.54, 1.807) is 0 Å². The Labute approximate surface area is 128 Å². The number of hydrogen-bond acceptors (Lipinski definition) is 1. The van der Waals surface area contributed by atoms with E-state index < -0.39 is 20.2 Å². The number of alkyl halides is 2. The van der Waals surface area contributed by atoms with Crippen molar-refractivity contribution < 1.29 is 3.44 Å². The first-order chi connectivity index (χ1) is 9.08. The van der Waals surface area contributed by atoms with Crippen molar-refractivity contribution in [2.24, 2.45) is 17.8 Å². The zero-order valence-corrected chi connectivity index (χ0v) is 15.7. The van der Waals surface area contributed by atoms with E-state index in [-0.39, 0.29) is 0 Å². The Kier molecular flexibility index (Phi) is 8.96. The van der Waals surface area contributed by atoms with Crippen molar-refractivity contribution in [3.63, 3.8) is 0 Å². The van der Waals surface area contributed by atoms with Gasteiger partial charge in [-0.25, -0.2) is 0 Å². The van der Waals surface area contributed by atoms with Gasteiger partial charge in [-0.3, -0.25) is 0 Å². The maximum absolute atomic E-state index is 9.77. The number of rotatable bonds is 2. The quantitative estimate of drug-likeness (QED) is 0.471. The van der Waals surface area contributed by atoms with Gasteiger partial charge in [0.25, 0.3) is 0 Å². The molecule has 0 amide bonds. The normalized spacial score (nSPS) is 36.2. The summed E-state index contributed by atoms with van der Waals surface area (Å²) in [6.07, 6.45) is 12.7. The van der Waals surface area contributed by atoms with E-state index in [1.807, 2.05) is 0 Å². The molecule has 0 heterocycles. The van der Waals surface area contributed by atoms with Crippen LogP contribution in [0.1, 0.15) is 78.6 Å². The molecule has 0 unspecified atom stereocenters. The third-order valence-electron chi connectivity index (χ3n) is 4.88. The summed E-state index contributed by atoms with van der Waals surface area (Å²) in [7, 11) is 0. The number of halogens is 1. The molecule has 1 N–H and O–H groups in total. The Morgan fingerprint density at radius 1 is 0.842 bits per heavy atom. The maximum Gasteiger partial charge on any atom is -0.0590 e. The van der Waals surface area contributed by atoms with E-state index in [0.29, 0.717) is 0 Å². The van der Waals surface area contributed by atoms with Gasteiger partial charge in [-0.2, -0.15) is 0 Å². The smallest absolute Gasteiger partial charge is 0.0590 e. The van der Waals surface area contributed by atoms with Crippen molar-refractivity contribution >= 4 is 20.2 Å². The Balaban J connectivity index is 0.000000550. The van der Waals surface area contributed by atoms with Crippen molar-refractivity contribution in [3.8, 4) is 0 Å². The van der Waals surface area contributed by atoms with E-state index in [1.165, 1.54) is 57.8 Å². The Hall–Kier alpha value is 0.690. The van der Waals surface area contributed by atoms with Crippen LogP contribution in [0.5, 0.6) is 0 Å². The van der Waals surface area contributed by atoms with Crippen molar-refractivity contribution in [2.75, 3.05) is 4.93 Å². The van der Waals surface area contributed by atoms with Gasteiger partial charge < -0.3 is 0 Å². The summed E-state index contributed by atoms with van der Waals surface area (Å²) in [5, 5.41) is 0. The van der Waals surface area contributed by atoms with E-state index in [0.717, 1.165) is 21.7 Å². The van der Waals surface area contributed by atoms with E-state index >= 15 is 0 Å². The average Bonchev–Trinajstić information content (AvgIpc) is 2.41. The molecule has 0 aromatic carbocycles. The summed E-state index contributed by atoms with van der Waals surface area (Å²) in [6.45, 7) is 6.66. The van der Waals surface area contributed by atoms with E-state index in [2.05, 4.69) is 25.7 Å². The molecule has 116 valence electrons. The van der Waals surface area contributed by atoms with Crippen molar-refractivity contribution in [1.29, 1.82) is 0 Å². The summed E-state index contributed by atoms with van der Waals surface area (Å²) in [5.74, 6) is 3.04. The molecule has 19 heavy (non-hydrogen) atoms. The minimum Gasteiger partial charge on any atom is -0.0656 e. The van der Waals surface area contributed by atoms with Crippen molar-refractivity contribution in [1.82, 2.24) is 0 Å². The molecule has 2 rings (SSSR count). The summed E-state index contributed by atoms with van der Waals surface area (Å²) in [5.41, 5.74) is 0. The second kappa shape index (κ2) is 9.59. The summed E-state index contributed by atoms with van der Waals surface area (Å²) in [6, 6.07) is 0. The molecule has 0 aromatic heterocycles. The first kappa shape index (κ1) is 17.7. The fourth-order valence-electron chi connectivity index (χ4n) is 3.62. The predicted octanol–water partition coefficient (Wildman–Crippen LogP) is 5.83. The zero-order valence-electron chi connectivity index (χ0n) is 13.5. The SMILES string of the molecule is CC1CCC(C2CCC(I(C)O)CC2)CC1.CCC. The van der Waals surface area contributed by atoms with Gasteiger partial charge in [-0.1, -0.05) is 20.3 Å². The molecule has 0 bridgehead atoms. The fourth-order valence-corrected chi connectivity index (χ4v) is 6.14. The standard InChI is InChI=1S/C14H27IO.C3H8/c1-11-3-5-12(6-4-11)13-7-9-14(10-8-13)15(2)16;1-3-2/h11-14,16H,3-10H2,1-2H3;3H2,1-2H3. The monoisotopic (exact) mass is 382 g/mol. The second-order valence-electron chi connectivity index (χ2n) is 6.72. The maximum atomic E-state index is 9.77. The summed E-state index contributed by atoms with van der Waals surface area (Å²) in [4.78, 5) is 2.12. The van der Waals surface area contributed by atoms with Crippen LogP contribution in [-0.2, 0) is 0 Å². The molecular weight excluding hydrogens is 347 g/mol. The molecule has 2 fully saturated rings. The van der Waals surface area contributed by atoms with Crippen LogP contribution in [0.3, 0.4) is 0 Å². The third-order valence-corrected chi connectivity index (χ3v) is 8.67. The van der Waals surface area contributed by atoms with Crippen molar-refractivity contribution in [2.45, 2.75) is 82.5 Å². The molecule has 0 saturated heterocycles. The molecule has 0 atom stereocenters. The van der Waals surface area contributed by atoms with Crippen LogP contribution >= 0.6 is 20.2 Å². The van der Waals surface area contributed by atoms with Gasteiger partial charge in [-0.15, -0.1) is 0 Å². The van der Waals surface area contributed by atoms with Gasteiger partial charge in [0.2, 0.25) is 0 Å². The van der Waals surface area contributed by atoms with Gasteiger partial charge in [0, 0.05) is 0 Å². The van der Waals surface area contributed by atoms with Gasteiger partial charge >= 0.3 is 109 Å².